The standard InChI is InChI=1S/C18H18ClN5O/c1-2-12-3-5-13(6-4-12)11-20-18(25)16-17(23-24-22-16)21-15-9-7-14(19)8-10-15/h3-10H,2,11H2,1H3,(H,20,25)(H2,21,22,23,24). The molecule has 0 saturated carbocycles. The molecule has 0 aliphatic carbocycles. The van der Waals surface area contributed by atoms with Gasteiger partial charge in [0.15, 0.2) is 11.5 Å². The van der Waals surface area contributed by atoms with Crippen molar-refractivity contribution in [1.29, 1.82) is 0 Å². The van der Waals surface area contributed by atoms with Crippen molar-refractivity contribution in [1.82, 2.24) is 20.7 Å². The Morgan fingerprint density at radius 3 is 2.40 bits per heavy atom. The fourth-order valence-corrected chi connectivity index (χ4v) is 2.43. The van der Waals surface area contributed by atoms with Crippen molar-refractivity contribution in [2.45, 2.75) is 19.9 Å². The first kappa shape index (κ1) is 17.0. The zero-order valence-corrected chi connectivity index (χ0v) is 14.5. The van der Waals surface area contributed by atoms with E-state index in [0.29, 0.717) is 17.4 Å². The summed E-state index contributed by atoms with van der Waals surface area (Å²) < 4.78 is 0. The van der Waals surface area contributed by atoms with Crippen LogP contribution in [0.25, 0.3) is 0 Å². The number of aryl methyl sites for hydroxylation is 1. The molecule has 0 unspecified atom stereocenters. The Morgan fingerprint density at radius 1 is 1.04 bits per heavy atom. The van der Waals surface area contributed by atoms with E-state index < -0.39 is 0 Å². The quantitative estimate of drug-likeness (QED) is 0.629. The number of amides is 1. The van der Waals surface area contributed by atoms with Crippen LogP contribution in [0.2, 0.25) is 5.02 Å². The highest BCUT2D eigenvalue weighted by molar-refractivity contribution is 6.30. The third-order valence-electron chi connectivity index (χ3n) is 3.75. The summed E-state index contributed by atoms with van der Waals surface area (Å²) in [6, 6.07) is 15.2. The number of nitrogens with one attached hydrogen (secondary N) is 3. The molecule has 0 fully saturated rings. The predicted octanol–water partition coefficient (Wildman–Crippen LogP) is 3.69. The summed E-state index contributed by atoms with van der Waals surface area (Å²) in [4.78, 5) is 12.4. The summed E-state index contributed by atoms with van der Waals surface area (Å²) in [5.41, 5.74) is 3.27. The lowest BCUT2D eigenvalue weighted by Crippen LogP contribution is -2.24. The molecule has 0 atom stereocenters. The number of carbonyl (C=O) groups excluding carboxylic acids is 1. The zero-order chi connectivity index (χ0) is 17.6. The maximum absolute atomic E-state index is 12.4. The number of halogens is 1. The molecule has 128 valence electrons. The fraction of sp³-hybridized carbons (Fsp3) is 0.167. The van der Waals surface area contributed by atoms with Crippen molar-refractivity contribution >= 4 is 29.0 Å². The predicted molar refractivity (Wildman–Crippen MR) is 98.1 cm³/mol. The molecule has 2 aromatic carbocycles. The van der Waals surface area contributed by atoms with E-state index in [4.69, 9.17) is 11.6 Å². The molecule has 0 bridgehead atoms. The molecular formula is C18H18ClN5O. The molecule has 3 N–H and O–H groups in total. The van der Waals surface area contributed by atoms with Crippen LogP contribution in [0.3, 0.4) is 0 Å². The van der Waals surface area contributed by atoms with E-state index >= 15 is 0 Å². The number of carbonyl (C=O) groups is 1. The van der Waals surface area contributed by atoms with E-state index in [2.05, 4.69) is 45.1 Å². The molecule has 0 saturated heterocycles. The first-order valence-corrected chi connectivity index (χ1v) is 8.33. The Bertz CT molecular complexity index is 843. The highest BCUT2D eigenvalue weighted by atomic mass is 35.5. The van der Waals surface area contributed by atoms with Crippen LogP contribution in [-0.2, 0) is 13.0 Å². The van der Waals surface area contributed by atoms with Gasteiger partial charge in [0.25, 0.3) is 5.91 Å². The van der Waals surface area contributed by atoms with E-state index in [-0.39, 0.29) is 11.6 Å². The van der Waals surface area contributed by atoms with Crippen molar-refractivity contribution in [3.8, 4) is 0 Å². The molecule has 0 radical (unpaired) electrons. The SMILES string of the molecule is CCc1ccc(CNC(=O)c2n[nH]nc2Nc2ccc(Cl)cc2)cc1. The molecular weight excluding hydrogens is 338 g/mol. The van der Waals surface area contributed by atoms with Crippen LogP contribution >= 0.6 is 11.6 Å². The van der Waals surface area contributed by atoms with Gasteiger partial charge in [0.05, 0.1) is 0 Å². The van der Waals surface area contributed by atoms with E-state index in [1.165, 1.54) is 5.56 Å². The highest BCUT2D eigenvalue weighted by Gasteiger charge is 2.16. The lowest BCUT2D eigenvalue weighted by molar-refractivity contribution is 0.0946. The van der Waals surface area contributed by atoms with Gasteiger partial charge in [0.1, 0.15) is 0 Å². The molecule has 7 heteroatoms. The van der Waals surface area contributed by atoms with Gasteiger partial charge in [-0.15, -0.1) is 10.2 Å². The average molecular weight is 356 g/mol. The Labute approximate surface area is 150 Å². The molecule has 6 nitrogen and oxygen atoms in total. The monoisotopic (exact) mass is 355 g/mol. The molecule has 0 aliphatic heterocycles. The summed E-state index contributed by atoms with van der Waals surface area (Å²) >= 11 is 5.87. The van der Waals surface area contributed by atoms with E-state index in [0.717, 1.165) is 17.7 Å². The second-order valence-corrected chi connectivity index (χ2v) is 5.94. The minimum Gasteiger partial charge on any atom is -0.346 e. The van der Waals surface area contributed by atoms with Gasteiger partial charge in [-0.1, -0.05) is 42.8 Å². The number of hydrogen-bond acceptors (Lipinski definition) is 4. The van der Waals surface area contributed by atoms with Crippen molar-refractivity contribution in [2.75, 3.05) is 5.32 Å². The van der Waals surface area contributed by atoms with Gasteiger partial charge in [0.2, 0.25) is 0 Å². The maximum atomic E-state index is 12.4. The van der Waals surface area contributed by atoms with E-state index in [9.17, 15) is 4.79 Å². The number of rotatable bonds is 6. The second kappa shape index (κ2) is 7.81. The Hall–Kier alpha value is -2.86. The maximum Gasteiger partial charge on any atom is 0.275 e. The van der Waals surface area contributed by atoms with Crippen LogP contribution in [0, 0.1) is 0 Å². The molecule has 3 aromatic rings. The molecule has 1 aromatic heterocycles. The van der Waals surface area contributed by atoms with Crippen LogP contribution in [0.4, 0.5) is 11.5 Å². The van der Waals surface area contributed by atoms with Crippen molar-refractivity contribution in [3.63, 3.8) is 0 Å². The number of aromatic amines is 1. The number of aromatic nitrogens is 3. The average Bonchev–Trinajstić information content (AvgIpc) is 3.10. The minimum absolute atomic E-state index is 0.208. The molecule has 1 amide bonds. The van der Waals surface area contributed by atoms with Gasteiger partial charge in [-0.25, -0.2) is 0 Å². The van der Waals surface area contributed by atoms with Crippen molar-refractivity contribution in [2.24, 2.45) is 0 Å². The summed E-state index contributed by atoms with van der Waals surface area (Å²) in [6.45, 7) is 2.53. The normalized spacial score (nSPS) is 10.5. The molecule has 0 spiro atoms. The van der Waals surface area contributed by atoms with Gasteiger partial charge in [-0.3, -0.25) is 4.79 Å². The Morgan fingerprint density at radius 2 is 1.72 bits per heavy atom. The third kappa shape index (κ3) is 4.36. The lowest BCUT2D eigenvalue weighted by atomic mass is 10.1. The Kier molecular flexibility index (Phi) is 5.30. The van der Waals surface area contributed by atoms with Gasteiger partial charge in [-0.2, -0.15) is 5.21 Å². The number of H-pyrrole nitrogens is 1. The topological polar surface area (TPSA) is 82.7 Å². The third-order valence-corrected chi connectivity index (χ3v) is 4.01. The summed E-state index contributed by atoms with van der Waals surface area (Å²) in [5.74, 6) is 0.0611. The molecule has 0 aliphatic rings. The summed E-state index contributed by atoms with van der Waals surface area (Å²) in [6.07, 6.45) is 0.991. The Balaban J connectivity index is 1.64. The van der Waals surface area contributed by atoms with Crippen LogP contribution in [-0.4, -0.2) is 21.3 Å². The first-order valence-electron chi connectivity index (χ1n) is 7.95. The first-order chi connectivity index (χ1) is 12.2. The van der Waals surface area contributed by atoms with Gasteiger partial charge < -0.3 is 10.6 Å². The van der Waals surface area contributed by atoms with Crippen LogP contribution in [0.1, 0.15) is 28.5 Å². The highest BCUT2D eigenvalue weighted by Crippen LogP contribution is 2.19. The van der Waals surface area contributed by atoms with Crippen LogP contribution < -0.4 is 10.6 Å². The van der Waals surface area contributed by atoms with Gasteiger partial charge in [0, 0.05) is 17.3 Å². The van der Waals surface area contributed by atoms with Crippen molar-refractivity contribution < 1.29 is 4.79 Å². The van der Waals surface area contributed by atoms with Crippen LogP contribution in [0.15, 0.2) is 48.5 Å². The second-order valence-electron chi connectivity index (χ2n) is 5.51. The van der Waals surface area contributed by atoms with E-state index in [1.807, 2.05) is 12.1 Å². The smallest absolute Gasteiger partial charge is 0.275 e. The molecule has 3 rings (SSSR count). The number of anilines is 2. The molecule has 1 heterocycles. The molecule has 25 heavy (non-hydrogen) atoms. The largest absolute Gasteiger partial charge is 0.346 e. The summed E-state index contributed by atoms with van der Waals surface area (Å²) in [7, 11) is 0. The number of hydrogen-bond donors (Lipinski definition) is 3. The lowest BCUT2D eigenvalue weighted by Gasteiger charge is -2.07. The number of benzene rings is 2. The van der Waals surface area contributed by atoms with Crippen LogP contribution in [0.5, 0.6) is 0 Å². The van der Waals surface area contributed by atoms with Gasteiger partial charge in [-0.05, 0) is 41.8 Å². The van der Waals surface area contributed by atoms with Crippen molar-refractivity contribution in [3.05, 3.63) is 70.4 Å². The fourth-order valence-electron chi connectivity index (χ4n) is 2.31. The number of nitrogens with zero attached hydrogens (tertiary/aromatic N) is 2. The minimum atomic E-state index is -0.301. The van der Waals surface area contributed by atoms with Gasteiger partial charge >= 0.3 is 0 Å². The summed E-state index contributed by atoms with van der Waals surface area (Å²) in [5, 5.41) is 16.9. The zero-order valence-electron chi connectivity index (χ0n) is 13.7. The van der Waals surface area contributed by atoms with E-state index in [1.54, 1.807) is 24.3 Å².